The van der Waals surface area contributed by atoms with Crippen molar-refractivity contribution < 1.29 is 4.79 Å². The Kier molecular flexibility index (Phi) is 4.84. The Hall–Kier alpha value is -3.55. The standard InChI is InChI=1S/C20H21N7O/c1-13(2)10-18(19-22-16-8-3-4-9-17(16)23-19)24-20(28)14-6-5-7-15(11-14)27-12-21-25-26-27/h3-9,11-13,18H,10H2,1-2H3,(H,22,23)(H,24,28)/t18-/m0/s1. The molecule has 28 heavy (non-hydrogen) atoms. The number of carbonyl (C=O) groups excluding carboxylic acids is 1. The average molecular weight is 375 g/mol. The van der Waals surface area contributed by atoms with Gasteiger partial charge in [-0.05, 0) is 53.1 Å². The summed E-state index contributed by atoms with van der Waals surface area (Å²) in [6.07, 6.45) is 2.27. The van der Waals surface area contributed by atoms with Crippen molar-refractivity contribution in [3.8, 4) is 5.69 Å². The SMILES string of the molecule is CC(C)C[C@H](NC(=O)c1cccc(-n2cnnn2)c1)c1nc2ccccc2[nH]1. The molecule has 4 aromatic rings. The van der Waals surface area contributed by atoms with Gasteiger partial charge in [0.2, 0.25) is 0 Å². The van der Waals surface area contributed by atoms with Gasteiger partial charge in [0.25, 0.3) is 5.91 Å². The third kappa shape index (κ3) is 3.75. The number of imidazole rings is 1. The van der Waals surface area contributed by atoms with E-state index in [0.29, 0.717) is 11.5 Å². The van der Waals surface area contributed by atoms with Crippen molar-refractivity contribution in [3.63, 3.8) is 0 Å². The normalized spacial score (nSPS) is 12.4. The van der Waals surface area contributed by atoms with Crippen LogP contribution in [-0.2, 0) is 0 Å². The highest BCUT2D eigenvalue weighted by atomic mass is 16.1. The molecule has 142 valence electrons. The van der Waals surface area contributed by atoms with Gasteiger partial charge in [0.15, 0.2) is 0 Å². The Labute approximate surface area is 162 Å². The highest BCUT2D eigenvalue weighted by Gasteiger charge is 2.20. The smallest absolute Gasteiger partial charge is 0.251 e. The number of para-hydroxylation sites is 2. The molecule has 4 rings (SSSR count). The van der Waals surface area contributed by atoms with E-state index in [1.54, 1.807) is 12.1 Å². The van der Waals surface area contributed by atoms with Crippen molar-refractivity contribution in [1.29, 1.82) is 0 Å². The molecule has 8 nitrogen and oxygen atoms in total. The molecule has 0 spiro atoms. The maximum Gasteiger partial charge on any atom is 0.251 e. The molecule has 0 saturated carbocycles. The van der Waals surface area contributed by atoms with Gasteiger partial charge in [-0.1, -0.05) is 32.0 Å². The summed E-state index contributed by atoms with van der Waals surface area (Å²) in [6, 6.07) is 14.8. The van der Waals surface area contributed by atoms with E-state index in [1.165, 1.54) is 11.0 Å². The number of rotatable bonds is 6. The molecule has 2 N–H and O–H groups in total. The highest BCUT2D eigenvalue weighted by molar-refractivity contribution is 5.95. The zero-order chi connectivity index (χ0) is 19.5. The molecular formula is C20H21N7O. The number of nitrogens with zero attached hydrogens (tertiary/aromatic N) is 5. The van der Waals surface area contributed by atoms with E-state index >= 15 is 0 Å². The molecule has 1 amide bonds. The lowest BCUT2D eigenvalue weighted by Crippen LogP contribution is -2.30. The zero-order valence-electron chi connectivity index (χ0n) is 15.7. The van der Waals surface area contributed by atoms with Crippen molar-refractivity contribution in [2.75, 3.05) is 0 Å². The van der Waals surface area contributed by atoms with Gasteiger partial charge >= 0.3 is 0 Å². The number of H-pyrrole nitrogens is 1. The van der Waals surface area contributed by atoms with E-state index in [1.807, 2.05) is 36.4 Å². The van der Waals surface area contributed by atoms with Gasteiger partial charge in [-0.3, -0.25) is 4.79 Å². The van der Waals surface area contributed by atoms with Crippen molar-refractivity contribution in [1.82, 2.24) is 35.5 Å². The number of tetrazole rings is 1. The van der Waals surface area contributed by atoms with E-state index in [2.05, 4.69) is 44.7 Å². The monoisotopic (exact) mass is 375 g/mol. The number of hydrogen-bond acceptors (Lipinski definition) is 5. The molecule has 1 atom stereocenters. The fourth-order valence-corrected chi connectivity index (χ4v) is 3.16. The minimum absolute atomic E-state index is 0.166. The van der Waals surface area contributed by atoms with Gasteiger partial charge < -0.3 is 10.3 Å². The molecule has 0 unspecified atom stereocenters. The van der Waals surface area contributed by atoms with Crippen molar-refractivity contribution in [2.24, 2.45) is 5.92 Å². The van der Waals surface area contributed by atoms with Crippen LogP contribution in [0.5, 0.6) is 0 Å². The van der Waals surface area contributed by atoms with Crippen molar-refractivity contribution in [3.05, 3.63) is 66.2 Å². The molecule has 0 fully saturated rings. The zero-order valence-corrected chi connectivity index (χ0v) is 15.7. The first kappa shape index (κ1) is 17.8. The van der Waals surface area contributed by atoms with Crippen LogP contribution in [0.1, 0.15) is 42.5 Å². The maximum atomic E-state index is 12.9. The van der Waals surface area contributed by atoms with Gasteiger partial charge in [-0.25, -0.2) is 9.67 Å². The number of benzene rings is 2. The number of carbonyl (C=O) groups is 1. The highest BCUT2D eigenvalue weighted by Crippen LogP contribution is 2.22. The molecule has 2 aromatic carbocycles. The van der Waals surface area contributed by atoms with Gasteiger partial charge in [0.05, 0.1) is 22.8 Å². The van der Waals surface area contributed by atoms with E-state index in [0.717, 1.165) is 29.0 Å². The summed E-state index contributed by atoms with van der Waals surface area (Å²) in [5, 5.41) is 14.3. The molecule has 0 aliphatic carbocycles. The summed E-state index contributed by atoms with van der Waals surface area (Å²) in [6.45, 7) is 4.25. The van der Waals surface area contributed by atoms with Crippen LogP contribution in [0.4, 0.5) is 0 Å². The predicted octanol–water partition coefficient (Wildman–Crippen LogP) is 3.06. The number of fused-ring (bicyclic) bond motifs is 1. The second kappa shape index (κ2) is 7.59. The van der Waals surface area contributed by atoms with Crippen LogP contribution < -0.4 is 5.32 Å². The Morgan fingerprint density at radius 1 is 1.18 bits per heavy atom. The third-order valence-electron chi connectivity index (χ3n) is 4.47. The van der Waals surface area contributed by atoms with Crippen LogP contribution in [0.3, 0.4) is 0 Å². The Morgan fingerprint density at radius 3 is 2.79 bits per heavy atom. The van der Waals surface area contributed by atoms with Gasteiger partial charge in [-0.2, -0.15) is 0 Å². The van der Waals surface area contributed by atoms with Gasteiger partial charge in [0.1, 0.15) is 12.2 Å². The molecule has 8 heteroatoms. The van der Waals surface area contributed by atoms with Crippen molar-refractivity contribution in [2.45, 2.75) is 26.3 Å². The van der Waals surface area contributed by atoms with Crippen LogP contribution in [0.25, 0.3) is 16.7 Å². The lowest BCUT2D eigenvalue weighted by Gasteiger charge is -2.19. The fraction of sp³-hybridized carbons (Fsp3) is 0.250. The van der Waals surface area contributed by atoms with Crippen LogP contribution in [0.2, 0.25) is 0 Å². The minimum Gasteiger partial charge on any atom is -0.342 e. The largest absolute Gasteiger partial charge is 0.342 e. The van der Waals surface area contributed by atoms with Crippen LogP contribution in [0.15, 0.2) is 54.9 Å². The van der Waals surface area contributed by atoms with E-state index < -0.39 is 0 Å². The first-order valence-electron chi connectivity index (χ1n) is 9.19. The lowest BCUT2D eigenvalue weighted by molar-refractivity contribution is 0.0930. The summed E-state index contributed by atoms with van der Waals surface area (Å²) in [5.41, 5.74) is 3.11. The molecule has 0 aliphatic rings. The number of aromatic amines is 1. The molecule has 2 aromatic heterocycles. The van der Waals surface area contributed by atoms with Crippen LogP contribution in [-0.4, -0.2) is 36.1 Å². The first-order chi connectivity index (χ1) is 13.6. The predicted molar refractivity (Wildman–Crippen MR) is 105 cm³/mol. The third-order valence-corrected chi connectivity index (χ3v) is 4.47. The van der Waals surface area contributed by atoms with Crippen molar-refractivity contribution >= 4 is 16.9 Å². The molecule has 0 aliphatic heterocycles. The molecular weight excluding hydrogens is 354 g/mol. The van der Waals surface area contributed by atoms with Gasteiger partial charge in [0, 0.05) is 5.56 Å². The number of nitrogens with one attached hydrogen (secondary N) is 2. The Morgan fingerprint density at radius 2 is 2.04 bits per heavy atom. The molecule has 2 heterocycles. The summed E-state index contributed by atoms with van der Waals surface area (Å²) >= 11 is 0. The summed E-state index contributed by atoms with van der Waals surface area (Å²) < 4.78 is 1.52. The quantitative estimate of drug-likeness (QED) is 0.539. The second-order valence-electron chi connectivity index (χ2n) is 7.10. The summed E-state index contributed by atoms with van der Waals surface area (Å²) in [7, 11) is 0. The van der Waals surface area contributed by atoms with Crippen LogP contribution in [0, 0.1) is 5.92 Å². The summed E-state index contributed by atoms with van der Waals surface area (Å²) in [5.74, 6) is 0.993. The molecule has 0 saturated heterocycles. The number of amides is 1. The molecule has 0 bridgehead atoms. The van der Waals surface area contributed by atoms with E-state index in [9.17, 15) is 4.79 Å². The topological polar surface area (TPSA) is 101 Å². The second-order valence-corrected chi connectivity index (χ2v) is 7.10. The van der Waals surface area contributed by atoms with E-state index in [4.69, 9.17) is 0 Å². The lowest BCUT2D eigenvalue weighted by atomic mass is 10.0. The molecule has 0 radical (unpaired) electrons. The maximum absolute atomic E-state index is 12.9. The summed E-state index contributed by atoms with van der Waals surface area (Å²) in [4.78, 5) is 20.9. The number of aromatic nitrogens is 6. The fourth-order valence-electron chi connectivity index (χ4n) is 3.16. The minimum atomic E-state index is -0.211. The number of hydrogen-bond donors (Lipinski definition) is 2. The van der Waals surface area contributed by atoms with Crippen LogP contribution >= 0.6 is 0 Å². The Bertz CT molecular complexity index is 1050. The van der Waals surface area contributed by atoms with E-state index in [-0.39, 0.29) is 11.9 Å². The first-order valence-corrected chi connectivity index (χ1v) is 9.19. The van der Waals surface area contributed by atoms with Gasteiger partial charge in [-0.15, -0.1) is 5.10 Å². The average Bonchev–Trinajstić information content (AvgIpc) is 3.37. The Balaban J connectivity index is 1.60.